The predicted octanol–water partition coefficient (Wildman–Crippen LogP) is 5.92. The van der Waals surface area contributed by atoms with Crippen LogP contribution in [0, 0.1) is 20.8 Å². The number of hydrogen-bond acceptors (Lipinski definition) is 6. The molecule has 7 nitrogen and oxygen atoms in total. The molecule has 2 atom stereocenters. The van der Waals surface area contributed by atoms with Crippen molar-refractivity contribution in [2.24, 2.45) is 5.84 Å². The van der Waals surface area contributed by atoms with Gasteiger partial charge in [-0.2, -0.15) is 0 Å². The van der Waals surface area contributed by atoms with Crippen molar-refractivity contribution in [3.05, 3.63) is 87.5 Å². The predicted molar refractivity (Wildman–Crippen MR) is 160 cm³/mol. The molecule has 0 spiro atoms. The second-order valence-corrected chi connectivity index (χ2v) is 10.5. The Balaban J connectivity index is 0.00000134. The molecule has 4 rings (SSSR count). The summed E-state index contributed by atoms with van der Waals surface area (Å²) in [7, 11) is 1.82. The number of nitrogen functional groups attached to an aromatic ring is 1. The van der Waals surface area contributed by atoms with Gasteiger partial charge in [-0.1, -0.05) is 55.8 Å². The zero-order valence-electron chi connectivity index (χ0n) is 24.2. The van der Waals surface area contributed by atoms with Crippen molar-refractivity contribution in [1.29, 1.82) is 0 Å². The Morgan fingerprint density at radius 3 is 2.49 bits per heavy atom. The van der Waals surface area contributed by atoms with Gasteiger partial charge in [0.2, 0.25) is 0 Å². The lowest BCUT2D eigenvalue weighted by Crippen LogP contribution is -2.32. The molecule has 0 amide bonds. The van der Waals surface area contributed by atoms with E-state index < -0.39 is 0 Å². The largest absolute Gasteiger partial charge is 0.489 e. The summed E-state index contributed by atoms with van der Waals surface area (Å²) in [6.45, 7) is 13.4. The molecule has 0 saturated heterocycles. The highest BCUT2D eigenvalue weighted by atomic mass is 16.5. The molecule has 0 saturated carbocycles. The first kappa shape index (κ1) is 30.0. The van der Waals surface area contributed by atoms with Crippen molar-refractivity contribution in [2.75, 3.05) is 24.3 Å². The minimum atomic E-state index is -0.250. The quantitative estimate of drug-likeness (QED) is 0.150. The van der Waals surface area contributed by atoms with E-state index in [2.05, 4.69) is 82.0 Å². The van der Waals surface area contributed by atoms with Gasteiger partial charge >= 0.3 is 0 Å². The number of aryl methyl sites for hydroxylation is 2. The standard InChI is InChI=1S/C31H42N4O.CH2O2/c1-7-26-19-35(18-25-15-20(3)9-14-30(25)36-26)17-24-16-23(11-10-21(24)4)27(8-2)28-12-13-29(34(6)33)31(32)22(28)5;2-1-3/h9-16,26-27H,7-8,17-19,32-33H2,1-6H3;1H,(H,2,3)/t26-,27?;/m1./s1. The molecule has 1 unspecified atom stereocenters. The fourth-order valence-electron chi connectivity index (χ4n) is 5.46. The first-order chi connectivity index (χ1) is 18.6. The van der Waals surface area contributed by atoms with Gasteiger partial charge in [-0.25, -0.2) is 5.84 Å². The van der Waals surface area contributed by atoms with E-state index in [-0.39, 0.29) is 18.5 Å². The van der Waals surface area contributed by atoms with Crippen molar-refractivity contribution in [3.63, 3.8) is 0 Å². The van der Waals surface area contributed by atoms with E-state index in [1.54, 1.807) is 5.01 Å². The molecule has 3 aromatic rings. The number of benzene rings is 3. The summed E-state index contributed by atoms with van der Waals surface area (Å²) < 4.78 is 6.38. The first-order valence-corrected chi connectivity index (χ1v) is 13.7. The Labute approximate surface area is 233 Å². The van der Waals surface area contributed by atoms with Crippen LogP contribution in [0.1, 0.15) is 71.6 Å². The average Bonchev–Trinajstić information content (AvgIpc) is 3.07. The number of carboxylic acid groups (broad SMARTS) is 1. The van der Waals surface area contributed by atoms with Crippen molar-refractivity contribution in [1.82, 2.24) is 4.90 Å². The van der Waals surface area contributed by atoms with E-state index in [1.165, 1.54) is 33.4 Å². The van der Waals surface area contributed by atoms with Gasteiger partial charge in [0.15, 0.2) is 0 Å². The van der Waals surface area contributed by atoms with Gasteiger partial charge in [-0.15, -0.1) is 0 Å². The first-order valence-electron chi connectivity index (χ1n) is 13.7. The maximum atomic E-state index is 8.36. The normalized spacial score (nSPS) is 15.7. The third kappa shape index (κ3) is 7.11. The lowest BCUT2D eigenvalue weighted by atomic mass is 9.84. The number of nitrogens with zero attached hydrogens (tertiary/aromatic N) is 2. The molecule has 0 aromatic heterocycles. The molecule has 0 aliphatic carbocycles. The Bertz CT molecular complexity index is 1270. The number of rotatable bonds is 7. The van der Waals surface area contributed by atoms with Gasteiger partial charge in [0, 0.05) is 38.2 Å². The molecule has 0 bridgehead atoms. The maximum Gasteiger partial charge on any atom is 0.290 e. The summed E-state index contributed by atoms with van der Waals surface area (Å²) in [6, 6.07) is 17.7. The highest BCUT2D eigenvalue weighted by molar-refractivity contribution is 5.72. The number of hydrazine groups is 1. The number of anilines is 2. The van der Waals surface area contributed by atoms with Crippen LogP contribution in [-0.2, 0) is 17.9 Å². The maximum absolute atomic E-state index is 8.36. The van der Waals surface area contributed by atoms with Crippen LogP contribution in [0.4, 0.5) is 11.4 Å². The molecule has 39 heavy (non-hydrogen) atoms. The van der Waals surface area contributed by atoms with E-state index in [1.807, 2.05) is 13.1 Å². The number of hydrogen-bond donors (Lipinski definition) is 3. The van der Waals surface area contributed by atoms with Crippen LogP contribution in [0.5, 0.6) is 5.75 Å². The van der Waals surface area contributed by atoms with E-state index in [4.69, 9.17) is 26.2 Å². The minimum Gasteiger partial charge on any atom is -0.489 e. The van der Waals surface area contributed by atoms with Crippen molar-refractivity contribution in [2.45, 2.75) is 72.6 Å². The van der Waals surface area contributed by atoms with Crippen molar-refractivity contribution < 1.29 is 14.6 Å². The third-order valence-corrected chi connectivity index (χ3v) is 7.69. The molecule has 3 aromatic carbocycles. The monoisotopic (exact) mass is 532 g/mol. The molecule has 1 aliphatic heterocycles. The summed E-state index contributed by atoms with van der Waals surface area (Å²) in [5, 5.41) is 8.48. The van der Waals surface area contributed by atoms with E-state index >= 15 is 0 Å². The van der Waals surface area contributed by atoms with Gasteiger partial charge in [-0.3, -0.25) is 9.69 Å². The van der Waals surface area contributed by atoms with Crippen molar-refractivity contribution >= 4 is 17.8 Å². The molecule has 1 heterocycles. The zero-order chi connectivity index (χ0) is 28.7. The Morgan fingerprint density at radius 1 is 1.13 bits per heavy atom. The molecule has 7 heteroatoms. The van der Waals surface area contributed by atoms with Crippen LogP contribution in [0.25, 0.3) is 0 Å². The van der Waals surface area contributed by atoms with Gasteiger partial charge in [-0.05, 0) is 73.6 Å². The molecule has 5 N–H and O–H groups in total. The SMILES string of the molecule is CCC(c1ccc(C)c(CN2Cc3cc(C)ccc3O[C@H](CC)C2)c1)c1ccc(N(C)N)c(N)c1C.O=CO. The Hall–Kier alpha value is -3.55. The topological polar surface area (TPSA) is 105 Å². The van der Waals surface area contributed by atoms with Gasteiger partial charge in [0.05, 0.1) is 11.4 Å². The lowest BCUT2D eigenvalue weighted by Gasteiger charge is -2.26. The van der Waals surface area contributed by atoms with E-state index in [0.717, 1.165) is 55.2 Å². The van der Waals surface area contributed by atoms with E-state index in [0.29, 0.717) is 0 Å². The molecule has 1 aliphatic rings. The van der Waals surface area contributed by atoms with Crippen LogP contribution in [0.15, 0.2) is 48.5 Å². The smallest absolute Gasteiger partial charge is 0.290 e. The zero-order valence-corrected chi connectivity index (χ0v) is 24.2. The molecular formula is C32H44N4O3. The van der Waals surface area contributed by atoms with Crippen LogP contribution in [0.3, 0.4) is 0 Å². The summed E-state index contributed by atoms with van der Waals surface area (Å²) in [5.74, 6) is 7.30. The molecule has 210 valence electrons. The van der Waals surface area contributed by atoms with Crippen LogP contribution < -0.4 is 21.3 Å². The van der Waals surface area contributed by atoms with Crippen LogP contribution in [0.2, 0.25) is 0 Å². The number of fused-ring (bicyclic) bond motifs is 1. The molecular weight excluding hydrogens is 488 g/mol. The van der Waals surface area contributed by atoms with Crippen LogP contribution >= 0.6 is 0 Å². The van der Waals surface area contributed by atoms with Crippen LogP contribution in [-0.4, -0.2) is 36.2 Å². The van der Waals surface area contributed by atoms with Gasteiger partial charge < -0.3 is 20.6 Å². The number of carbonyl (C=O) groups is 1. The van der Waals surface area contributed by atoms with Crippen molar-refractivity contribution in [3.8, 4) is 5.75 Å². The fourth-order valence-corrected chi connectivity index (χ4v) is 5.46. The highest BCUT2D eigenvalue weighted by Gasteiger charge is 2.24. The average molecular weight is 533 g/mol. The second kappa shape index (κ2) is 13.5. The minimum absolute atomic E-state index is 0.200. The van der Waals surface area contributed by atoms with Gasteiger partial charge in [0.1, 0.15) is 11.9 Å². The Kier molecular flexibility index (Phi) is 10.4. The number of ether oxygens (including phenoxy) is 1. The third-order valence-electron chi connectivity index (χ3n) is 7.69. The summed E-state index contributed by atoms with van der Waals surface area (Å²) in [5.41, 5.74) is 17.1. The second-order valence-electron chi connectivity index (χ2n) is 10.5. The Morgan fingerprint density at radius 2 is 1.85 bits per heavy atom. The van der Waals surface area contributed by atoms with Gasteiger partial charge in [0.25, 0.3) is 6.47 Å². The summed E-state index contributed by atoms with van der Waals surface area (Å²) in [4.78, 5) is 10.9. The number of nitrogens with two attached hydrogens (primary N) is 2. The van der Waals surface area contributed by atoms with E-state index in [9.17, 15) is 0 Å². The fraction of sp³-hybridized carbons (Fsp3) is 0.406. The summed E-state index contributed by atoms with van der Waals surface area (Å²) in [6.07, 6.45) is 2.20. The molecule has 0 radical (unpaired) electrons. The summed E-state index contributed by atoms with van der Waals surface area (Å²) >= 11 is 0. The molecule has 0 fully saturated rings. The highest BCUT2D eigenvalue weighted by Crippen LogP contribution is 2.37. The lowest BCUT2D eigenvalue weighted by molar-refractivity contribution is -0.122.